The molecule has 0 radical (unpaired) electrons. The molecule has 1 fully saturated rings. The molecule has 0 N–H and O–H groups in total. The lowest BCUT2D eigenvalue weighted by atomic mass is 9.86. The van der Waals surface area contributed by atoms with E-state index in [1.165, 1.54) is 47.9 Å². The Morgan fingerprint density at radius 2 is 1.23 bits per heavy atom. The molecule has 0 aliphatic heterocycles. The molecule has 0 saturated heterocycles. The van der Waals surface area contributed by atoms with Gasteiger partial charge in [0.15, 0.2) is 0 Å². The van der Waals surface area contributed by atoms with Crippen LogP contribution in [0.25, 0.3) is 5.57 Å². The van der Waals surface area contributed by atoms with Gasteiger partial charge in [-0.15, -0.1) is 0 Å². The molecule has 130 valence electrons. The topological polar surface area (TPSA) is 0 Å². The maximum atomic E-state index is 2.32. The zero-order valence-electron chi connectivity index (χ0n) is 15.5. The van der Waals surface area contributed by atoms with Crippen LogP contribution in [-0.4, -0.2) is 0 Å². The standard InChI is InChI=1S/C26H26/c1-2-3-19-26(23-17-11-6-12-18-23)20-24(26)25(21-13-7-4-8-14-21)22-15-9-5-10-16-22/h4-18H,2-3,19-20H2,1H3. The van der Waals surface area contributed by atoms with Crippen LogP contribution in [0, 0.1) is 0 Å². The fourth-order valence-corrected chi connectivity index (χ4v) is 4.21. The van der Waals surface area contributed by atoms with E-state index >= 15 is 0 Å². The van der Waals surface area contributed by atoms with E-state index in [9.17, 15) is 0 Å². The van der Waals surface area contributed by atoms with Crippen LogP contribution in [0.15, 0.2) is 96.6 Å². The van der Waals surface area contributed by atoms with Crippen molar-refractivity contribution in [1.29, 1.82) is 0 Å². The van der Waals surface area contributed by atoms with E-state index in [4.69, 9.17) is 0 Å². The van der Waals surface area contributed by atoms with E-state index in [0.29, 0.717) is 0 Å². The van der Waals surface area contributed by atoms with Crippen molar-refractivity contribution >= 4 is 5.57 Å². The third-order valence-electron chi connectivity index (χ3n) is 5.64. The van der Waals surface area contributed by atoms with Crippen LogP contribution in [0.3, 0.4) is 0 Å². The maximum absolute atomic E-state index is 2.32. The number of hydrogen-bond donors (Lipinski definition) is 0. The van der Waals surface area contributed by atoms with Gasteiger partial charge in [0.25, 0.3) is 0 Å². The molecule has 0 bridgehead atoms. The van der Waals surface area contributed by atoms with E-state index in [1.807, 2.05) is 0 Å². The Balaban J connectivity index is 1.88. The first-order chi connectivity index (χ1) is 12.8. The zero-order valence-corrected chi connectivity index (χ0v) is 15.5. The molecule has 0 nitrogen and oxygen atoms in total. The summed E-state index contributed by atoms with van der Waals surface area (Å²) in [5, 5.41) is 0. The molecular formula is C26H26. The first-order valence-electron chi connectivity index (χ1n) is 9.75. The summed E-state index contributed by atoms with van der Waals surface area (Å²) in [5.41, 5.74) is 7.41. The summed E-state index contributed by atoms with van der Waals surface area (Å²) in [6.07, 6.45) is 4.94. The Morgan fingerprint density at radius 1 is 0.731 bits per heavy atom. The molecule has 1 saturated carbocycles. The Hall–Kier alpha value is -2.60. The molecule has 1 aliphatic carbocycles. The molecule has 26 heavy (non-hydrogen) atoms. The molecule has 1 aliphatic rings. The predicted molar refractivity (Wildman–Crippen MR) is 111 cm³/mol. The number of unbranched alkanes of at least 4 members (excludes halogenated alkanes) is 1. The Bertz CT molecular complexity index is 834. The van der Waals surface area contributed by atoms with Gasteiger partial charge in [-0.3, -0.25) is 0 Å². The van der Waals surface area contributed by atoms with Gasteiger partial charge in [0.1, 0.15) is 0 Å². The molecule has 3 aromatic carbocycles. The van der Waals surface area contributed by atoms with Crippen molar-refractivity contribution in [2.24, 2.45) is 0 Å². The van der Waals surface area contributed by atoms with Crippen molar-refractivity contribution in [1.82, 2.24) is 0 Å². The first-order valence-corrected chi connectivity index (χ1v) is 9.75. The van der Waals surface area contributed by atoms with Crippen LogP contribution in [0.1, 0.15) is 49.3 Å². The summed E-state index contributed by atoms with van der Waals surface area (Å²) < 4.78 is 0. The molecule has 1 atom stereocenters. The van der Waals surface area contributed by atoms with Crippen LogP contribution in [-0.2, 0) is 5.41 Å². The summed E-state index contributed by atoms with van der Waals surface area (Å²) in [7, 11) is 0. The van der Waals surface area contributed by atoms with Crippen molar-refractivity contribution < 1.29 is 0 Å². The van der Waals surface area contributed by atoms with Crippen molar-refractivity contribution in [2.45, 2.75) is 38.0 Å². The fourth-order valence-electron chi connectivity index (χ4n) is 4.21. The molecular weight excluding hydrogens is 312 g/mol. The molecule has 0 heterocycles. The summed E-state index contributed by atoms with van der Waals surface area (Å²) in [5.74, 6) is 0. The molecule has 0 amide bonds. The minimum absolute atomic E-state index is 0.221. The number of hydrogen-bond acceptors (Lipinski definition) is 0. The van der Waals surface area contributed by atoms with E-state index in [1.54, 1.807) is 5.57 Å². The highest BCUT2D eigenvalue weighted by Gasteiger charge is 2.51. The number of rotatable bonds is 6. The van der Waals surface area contributed by atoms with Crippen LogP contribution in [0.2, 0.25) is 0 Å². The maximum Gasteiger partial charge on any atom is 0.0209 e. The highest BCUT2D eigenvalue weighted by molar-refractivity contribution is 5.87. The summed E-state index contributed by atoms with van der Waals surface area (Å²) in [6.45, 7) is 2.29. The second-order valence-corrected chi connectivity index (χ2v) is 7.31. The second kappa shape index (κ2) is 7.33. The smallest absolute Gasteiger partial charge is 0.0209 e. The van der Waals surface area contributed by atoms with Gasteiger partial charge in [0.2, 0.25) is 0 Å². The largest absolute Gasteiger partial charge is 0.0654 e. The molecule has 4 rings (SSSR count). The van der Waals surface area contributed by atoms with E-state index in [2.05, 4.69) is 97.9 Å². The quantitative estimate of drug-likeness (QED) is 0.453. The minimum Gasteiger partial charge on any atom is -0.0654 e. The predicted octanol–water partition coefficient (Wildman–Crippen LogP) is 7.02. The molecule has 0 spiro atoms. The fraction of sp³-hybridized carbons (Fsp3) is 0.231. The van der Waals surface area contributed by atoms with Gasteiger partial charge >= 0.3 is 0 Å². The van der Waals surface area contributed by atoms with Gasteiger partial charge in [-0.25, -0.2) is 0 Å². The van der Waals surface area contributed by atoms with Crippen molar-refractivity contribution in [2.75, 3.05) is 0 Å². The lowest BCUT2D eigenvalue weighted by molar-refractivity contribution is 0.594. The summed E-state index contributed by atoms with van der Waals surface area (Å²) >= 11 is 0. The van der Waals surface area contributed by atoms with E-state index in [0.717, 1.165) is 0 Å². The first kappa shape index (κ1) is 16.8. The monoisotopic (exact) mass is 338 g/mol. The Morgan fingerprint density at radius 3 is 1.73 bits per heavy atom. The lowest BCUT2D eigenvalue weighted by Crippen LogP contribution is -2.08. The lowest BCUT2D eigenvalue weighted by Gasteiger charge is -2.17. The van der Waals surface area contributed by atoms with Crippen LogP contribution in [0.5, 0.6) is 0 Å². The molecule has 0 heteroatoms. The second-order valence-electron chi connectivity index (χ2n) is 7.31. The van der Waals surface area contributed by atoms with Gasteiger partial charge in [-0.05, 0) is 40.7 Å². The minimum atomic E-state index is 0.221. The van der Waals surface area contributed by atoms with Crippen LogP contribution in [0.4, 0.5) is 0 Å². The average Bonchev–Trinajstić information content (AvgIpc) is 3.44. The summed E-state index contributed by atoms with van der Waals surface area (Å²) in [6, 6.07) is 32.9. The normalized spacial score (nSPS) is 18.6. The Labute approximate surface area is 157 Å². The van der Waals surface area contributed by atoms with Crippen molar-refractivity contribution in [3.8, 4) is 0 Å². The SMILES string of the molecule is CCCCC1(c2ccccc2)CC1=C(c1ccccc1)c1ccccc1. The third-order valence-corrected chi connectivity index (χ3v) is 5.64. The van der Waals surface area contributed by atoms with Crippen LogP contribution >= 0.6 is 0 Å². The zero-order chi connectivity index (χ0) is 17.8. The highest BCUT2D eigenvalue weighted by atomic mass is 14.5. The van der Waals surface area contributed by atoms with Crippen LogP contribution < -0.4 is 0 Å². The van der Waals surface area contributed by atoms with Crippen molar-refractivity contribution in [3.63, 3.8) is 0 Å². The van der Waals surface area contributed by atoms with Gasteiger partial charge in [0.05, 0.1) is 0 Å². The number of benzene rings is 3. The molecule has 1 unspecified atom stereocenters. The average molecular weight is 338 g/mol. The van der Waals surface area contributed by atoms with Gasteiger partial charge in [-0.1, -0.05) is 111 Å². The third kappa shape index (κ3) is 3.12. The highest BCUT2D eigenvalue weighted by Crippen LogP contribution is 2.60. The van der Waals surface area contributed by atoms with Gasteiger partial charge in [-0.2, -0.15) is 0 Å². The summed E-state index contributed by atoms with van der Waals surface area (Å²) in [4.78, 5) is 0. The van der Waals surface area contributed by atoms with Crippen molar-refractivity contribution in [3.05, 3.63) is 113 Å². The molecule has 3 aromatic rings. The van der Waals surface area contributed by atoms with Gasteiger partial charge in [0, 0.05) is 5.41 Å². The van der Waals surface area contributed by atoms with E-state index in [-0.39, 0.29) is 5.41 Å². The van der Waals surface area contributed by atoms with E-state index < -0.39 is 0 Å². The number of allylic oxidation sites excluding steroid dienone is 1. The molecule has 0 aromatic heterocycles. The van der Waals surface area contributed by atoms with Gasteiger partial charge < -0.3 is 0 Å². The Kier molecular flexibility index (Phi) is 4.75.